The van der Waals surface area contributed by atoms with Crippen LogP contribution in [0.25, 0.3) is 0 Å². The van der Waals surface area contributed by atoms with E-state index >= 15 is 0 Å². The zero-order chi connectivity index (χ0) is 25.3. The highest BCUT2D eigenvalue weighted by Gasteiger charge is 2.53. The summed E-state index contributed by atoms with van der Waals surface area (Å²) < 4.78 is 0. The predicted octanol–water partition coefficient (Wildman–Crippen LogP) is 3.10. The second-order valence-electron chi connectivity index (χ2n) is 9.65. The lowest BCUT2D eigenvalue weighted by Crippen LogP contribution is -2.67. The number of anilines is 1. The summed E-state index contributed by atoms with van der Waals surface area (Å²) in [6.45, 7) is 7.57. The van der Waals surface area contributed by atoms with Crippen molar-refractivity contribution in [1.82, 2.24) is 15.2 Å². The fourth-order valence-corrected chi connectivity index (χ4v) is 4.39. The molecule has 0 unspecified atom stereocenters. The SMILES string of the molecule is CNC(=O)c1cc(Cl)ncc1NC(=O)C1(c2ccccc2C(C)C)CN(C(=O)CC(C)(C)O)C1. The molecule has 8 nitrogen and oxygen atoms in total. The van der Waals surface area contributed by atoms with Crippen molar-refractivity contribution < 1.29 is 19.5 Å². The van der Waals surface area contributed by atoms with Gasteiger partial charge in [0.25, 0.3) is 5.91 Å². The second kappa shape index (κ2) is 9.72. The minimum Gasteiger partial charge on any atom is -0.390 e. The molecule has 1 saturated heterocycles. The molecule has 0 atom stereocenters. The van der Waals surface area contributed by atoms with Gasteiger partial charge in [0.15, 0.2) is 0 Å². The summed E-state index contributed by atoms with van der Waals surface area (Å²) in [6, 6.07) is 9.08. The molecule has 1 aromatic carbocycles. The topological polar surface area (TPSA) is 112 Å². The molecule has 0 aliphatic carbocycles. The first kappa shape index (κ1) is 25.6. The number of rotatable bonds is 7. The number of pyridine rings is 1. The summed E-state index contributed by atoms with van der Waals surface area (Å²) in [5.74, 6) is -0.827. The number of amides is 3. The number of benzene rings is 1. The molecule has 3 amide bonds. The Kier molecular flexibility index (Phi) is 7.33. The smallest absolute Gasteiger partial charge is 0.253 e. The van der Waals surface area contributed by atoms with Gasteiger partial charge < -0.3 is 20.6 Å². The Balaban J connectivity index is 2.00. The number of likely N-dealkylation sites (tertiary alicyclic amines) is 1. The van der Waals surface area contributed by atoms with Crippen LogP contribution >= 0.6 is 11.6 Å². The molecule has 0 saturated carbocycles. The monoisotopic (exact) mass is 486 g/mol. The molecule has 34 heavy (non-hydrogen) atoms. The van der Waals surface area contributed by atoms with Gasteiger partial charge in [-0.3, -0.25) is 14.4 Å². The normalized spacial score (nSPS) is 15.0. The highest BCUT2D eigenvalue weighted by molar-refractivity contribution is 6.30. The molecule has 1 aliphatic heterocycles. The van der Waals surface area contributed by atoms with Gasteiger partial charge in [0, 0.05) is 20.1 Å². The van der Waals surface area contributed by atoms with Gasteiger partial charge in [-0.25, -0.2) is 4.98 Å². The fraction of sp³-hybridized carbons (Fsp3) is 0.440. The number of carbonyl (C=O) groups excluding carboxylic acids is 3. The van der Waals surface area contributed by atoms with E-state index in [1.807, 2.05) is 38.1 Å². The molecule has 0 bridgehead atoms. The van der Waals surface area contributed by atoms with Crippen LogP contribution in [0.5, 0.6) is 0 Å². The number of aliphatic hydroxyl groups is 1. The van der Waals surface area contributed by atoms with E-state index in [1.54, 1.807) is 18.7 Å². The van der Waals surface area contributed by atoms with Crippen molar-refractivity contribution in [2.24, 2.45) is 0 Å². The third-order valence-electron chi connectivity index (χ3n) is 5.98. The van der Waals surface area contributed by atoms with E-state index in [1.165, 1.54) is 19.3 Å². The average Bonchev–Trinajstić information content (AvgIpc) is 2.72. The highest BCUT2D eigenvalue weighted by Crippen LogP contribution is 2.40. The molecule has 1 aromatic heterocycles. The Hall–Kier alpha value is -2.97. The maximum atomic E-state index is 13.8. The van der Waals surface area contributed by atoms with Crippen LogP contribution in [0.3, 0.4) is 0 Å². The van der Waals surface area contributed by atoms with Gasteiger partial charge in [-0.2, -0.15) is 0 Å². The lowest BCUT2D eigenvalue weighted by molar-refractivity contribution is -0.147. The summed E-state index contributed by atoms with van der Waals surface area (Å²) in [6.07, 6.45) is 1.31. The van der Waals surface area contributed by atoms with E-state index in [9.17, 15) is 19.5 Å². The molecule has 2 aromatic rings. The van der Waals surface area contributed by atoms with E-state index in [4.69, 9.17) is 11.6 Å². The van der Waals surface area contributed by atoms with Gasteiger partial charge >= 0.3 is 0 Å². The minimum atomic E-state index is -1.15. The van der Waals surface area contributed by atoms with Crippen LogP contribution in [0.1, 0.15) is 61.5 Å². The maximum absolute atomic E-state index is 13.8. The summed E-state index contributed by atoms with van der Waals surface area (Å²) in [5.41, 5.74) is 0.0978. The molecule has 9 heteroatoms. The van der Waals surface area contributed by atoms with Crippen LogP contribution in [0.15, 0.2) is 36.5 Å². The van der Waals surface area contributed by atoms with Crippen LogP contribution in [0.2, 0.25) is 5.15 Å². The van der Waals surface area contributed by atoms with Gasteiger partial charge in [-0.05, 0) is 37.0 Å². The lowest BCUT2D eigenvalue weighted by Gasteiger charge is -2.50. The molecule has 0 radical (unpaired) electrons. The zero-order valence-corrected chi connectivity index (χ0v) is 20.9. The fourth-order valence-electron chi connectivity index (χ4n) is 4.23. The van der Waals surface area contributed by atoms with Crippen molar-refractivity contribution >= 4 is 35.0 Å². The second-order valence-corrected chi connectivity index (χ2v) is 10.0. The molecule has 2 heterocycles. The molecular weight excluding hydrogens is 456 g/mol. The number of nitrogens with one attached hydrogen (secondary N) is 2. The lowest BCUT2D eigenvalue weighted by atomic mass is 9.69. The summed E-state index contributed by atoms with van der Waals surface area (Å²) >= 11 is 5.97. The number of hydrogen-bond acceptors (Lipinski definition) is 5. The van der Waals surface area contributed by atoms with Crippen molar-refractivity contribution in [3.63, 3.8) is 0 Å². The van der Waals surface area contributed by atoms with Crippen molar-refractivity contribution in [3.05, 3.63) is 58.4 Å². The Bertz CT molecular complexity index is 1100. The quantitative estimate of drug-likeness (QED) is 0.521. The number of nitrogens with zero attached hydrogens (tertiary/aromatic N) is 2. The largest absolute Gasteiger partial charge is 0.390 e. The van der Waals surface area contributed by atoms with Crippen LogP contribution in [0, 0.1) is 0 Å². The van der Waals surface area contributed by atoms with Gasteiger partial charge in [-0.15, -0.1) is 0 Å². The zero-order valence-electron chi connectivity index (χ0n) is 20.1. The van der Waals surface area contributed by atoms with Crippen molar-refractivity contribution in [2.75, 3.05) is 25.5 Å². The number of hydrogen-bond donors (Lipinski definition) is 3. The third-order valence-corrected chi connectivity index (χ3v) is 6.19. The van der Waals surface area contributed by atoms with Crippen LogP contribution in [-0.2, 0) is 15.0 Å². The molecule has 0 spiro atoms. The Morgan fingerprint density at radius 3 is 2.47 bits per heavy atom. The average molecular weight is 487 g/mol. The van der Waals surface area contributed by atoms with Gasteiger partial charge in [0.2, 0.25) is 11.8 Å². The number of halogens is 1. The van der Waals surface area contributed by atoms with Gasteiger partial charge in [0.1, 0.15) is 10.6 Å². The minimum absolute atomic E-state index is 0.0432. The molecule has 182 valence electrons. The van der Waals surface area contributed by atoms with E-state index in [0.717, 1.165) is 11.1 Å². The van der Waals surface area contributed by atoms with E-state index in [0.29, 0.717) is 0 Å². The van der Waals surface area contributed by atoms with Crippen molar-refractivity contribution in [3.8, 4) is 0 Å². The standard InChI is InChI=1S/C25H31ClN4O4/c1-15(2)16-8-6-7-9-18(16)25(13-30(14-25)21(31)11-24(3,4)34)23(33)29-19-12-28-20(26)10-17(19)22(32)27-5/h6-10,12,15,34H,11,13-14H2,1-5H3,(H,27,32)(H,29,33). The van der Waals surface area contributed by atoms with Gasteiger partial charge in [0.05, 0.1) is 29.5 Å². The number of aromatic nitrogens is 1. The van der Waals surface area contributed by atoms with Crippen LogP contribution in [0.4, 0.5) is 5.69 Å². The Labute approximate surface area is 204 Å². The van der Waals surface area contributed by atoms with E-state index < -0.39 is 16.9 Å². The van der Waals surface area contributed by atoms with Crippen LogP contribution in [-0.4, -0.2) is 58.5 Å². The van der Waals surface area contributed by atoms with E-state index in [-0.39, 0.29) is 53.6 Å². The number of carbonyl (C=O) groups is 3. The predicted molar refractivity (Wildman–Crippen MR) is 131 cm³/mol. The Morgan fingerprint density at radius 2 is 1.88 bits per heavy atom. The first-order valence-corrected chi connectivity index (χ1v) is 11.5. The first-order valence-electron chi connectivity index (χ1n) is 11.2. The molecule has 3 N–H and O–H groups in total. The summed E-state index contributed by atoms with van der Waals surface area (Å²) in [4.78, 5) is 44.5. The van der Waals surface area contributed by atoms with Crippen molar-refractivity contribution in [1.29, 1.82) is 0 Å². The highest BCUT2D eigenvalue weighted by atomic mass is 35.5. The molecule has 1 aliphatic rings. The Morgan fingerprint density at radius 1 is 1.24 bits per heavy atom. The third kappa shape index (κ3) is 5.23. The summed E-state index contributed by atoms with van der Waals surface area (Å²) in [5, 5.41) is 15.6. The molecular formula is C25H31ClN4O4. The van der Waals surface area contributed by atoms with Crippen molar-refractivity contribution in [2.45, 2.75) is 51.0 Å². The van der Waals surface area contributed by atoms with Gasteiger partial charge in [-0.1, -0.05) is 49.7 Å². The maximum Gasteiger partial charge on any atom is 0.253 e. The summed E-state index contributed by atoms with van der Waals surface area (Å²) in [7, 11) is 1.49. The molecule has 1 fully saturated rings. The molecule has 3 rings (SSSR count). The van der Waals surface area contributed by atoms with Crippen LogP contribution < -0.4 is 10.6 Å². The first-order chi connectivity index (χ1) is 15.9. The van der Waals surface area contributed by atoms with E-state index in [2.05, 4.69) is 15.6 Å².